The lowest BCUT2D eigenvalue weighted by atomic mass is 10.1. The van der Waals surface area contributed by atoms with E-state index in [9.17, 15) is 4.79 Å². The van der Waals surface area contributed by atoms with Crippen LogP contribution in [0.5, 0.6) is 0 Å². The van der Waals surface area contributed by atoms with Crippen molar-refractivity contribution >= 4 is 17.4 Å². The monoisotopic (exact) mass is 408 g/mol. The Kier molecular flexibility index (Phi) is 6.53. The summed E-state index contributed by atoms with van der Waals surface area (Å²) >= 11 is 0. The molecule has 1 saturated heterocycles. The van der Waals surface area contributed by atoms with E-state index < -0.39 is 0 Å². The summed E-state index contributed by atoms with van der Waals surface area (Å²) in [6.45, 7) is 5.09. The zero-order valence-corrected chi connectivity index (χ0v) is 17.3. The van der Waals surface area contributed by atoms with Gasteiger partial charge in [0.2, 0.25) is 5.91 Å². The molecule has 0 spiro atoms. The summed E-state index contributed by atoms with van der Waals surface area (Å²) in [5, 5.41) is 16.2. The highest BCUT2D eigenvalue weighted by atomic mass is 16.5. The first-order chi connectivity index (χ1) is 14.7. The SMILES string of the molecule is C[C@H](CCc1ccccc1)NC(=O)CCc1nnc2ccc(N3CCOCC3)nn12. The average Bonchev–Trinajstić information content (AvgIpc) is 3.20. The zero-order chi connectivity index (χ0) is 20.8. The molecule has 30 heavy (non-hydrogen) atoms. The maximum absolute atomic E-state index is 12.4. The lowest BCUT2D eigenvalue weighted by molar-refractivity contribution is -0.121. The molecule has 4 rings (SSSR count). The van der Waals surface area contributed by atoms with Gasteiger partial charge in [0, 0.05) is 32.0 Å². The standard InChI is InChI=1S/C22H28N6O2/c1-17(7-8-18-5-3-2-4-6-18)23-22(29)12-11-20-25-24-19-9-10-21(26-28(19)20)27-13-15-30-16-14-27/h2-6,9-10,17H,7-8,11-16H2,1H3,(H,23,29)/t17-/m1/s1. The van der Waals surface area contributed by atoms with Crippen LogP contribution in [-0.4, -0.2) is 58.1 Å². The van der Waals surface area contributed by atoms with Crippen molar-refractivity contribution in [2.45, 2.75) is 38.6 Å². The van der Waals surface area contributed by atoms with Crippen molar-refractivity contribution in [3.8, 4) is 0 Å². The molecule has 1 amide bonds. The molecule has 1 N–H and O–H groups in total. The van der Waals surface area contributed by atoms with Gasteiger partial charge in [0.15, 0.2) is 11.5 Å². The fraction of sp³-hybridized carbons (Fsp3) is 0.455. The van der Waals surface area contributed by atoms with E-state index >= 15 is 0 Å². The number of hydrogen-bond donors (Lipinski definition) is 1. The van der Waals surface area contributed by atoms with Crippen molar-refractivity contribution in [1.29, 1.82) is 0 Å². The van der Waals surface area contributed by atoms with Crippen LogP contribution in [0.15, 0.2) is 42.5 Å². The first kappa shape index (κ1) is 20.3. The Morgan fingerprint density at radius 3 is 2.70 bits per heavy atom. The van der Waals surface area contributed by atoms with Crippen molar-refractivity contribution in [2.24, 2.45) is 0 Å². The van der Waals surface area contributed by atoms with E-state index in [4.69, 9.17) is 9.84 Å². The van der Waals surface area contributed by atoms with Crippen LogP contribution in [-0.2, 0) is 22.4 Å². The molecule has 0 aliphatic carbocycles. The number of morpholine rings is 1. The number of rotatable bonds is 8. The van der Waals surface area contributed by atoms with Crippen LogP contribution < -0.4 is 10.2 Å². The molecular formula is C22H28N6O2. The minimum atomic E-state index is 0.0247. The molecule has 158 valence electrons. The van der Waals surface area contributed by atoms with Gasteiger partial charge in [-0.15, -0.1) is 15.3 Å². The van der Waals surface area contributed by atoms with Crippen molar-refractivity contribution in [3.05, 3.63) is 53.9 Å². The second-order valence-corrected chi connectivity index (χ2v) is 7.67. The summed E-state index contributed by atoms with van der Waals surface area (Å²) in [7, 11) is 0. The van der Waals surface area contributed by atoms with Gasteiger partial charge >= 0.3 is 0 Å². The van der Waals surface area contributed by atoms with Crippen LogP contribution in [0.4, 0.5) is 5.82 Å². The first-order valence-corrected chi connectivity index (χ1v) is 10.6. The number of nitrogens with one attached hydrogen (secondary N) is 1. The van der Waals surface area contributed by atoms with Crippen molar-refractivity contribution < 1.29 is 9.53 Å². The molecule has 8 heteroatoms. The molecule has 1 atom stereocenters. The molecule has 0 saturated carbocycles. The third-order valence-corrected chi connectivity index (χ3v) is 5.34. The number of aromatic nitrogens is 4. The van der Waals surface area contributed by atoms with Gasteiger partial charge in [-0.1, -0.05) is 30.3 Å². The quantitative estimate of drug-likeness (QED) is 0.614. The van der Waals surface area contributed by atoms with Gasteiger partial charge in [0.05, 0.1) is 13.2 Å². The Morgan fingerprint density at radius 2 is 1.90 bits per heavy atom. The molecule has 2 aromatic heterocycles. The van der Waals surface area contributed by atoms with Crippen LogP contribution in [0.25, 0.3) is 5.65 Å². The highest BCUT2D eigenvalue weighted by Gasteiger charge is 2.16. The molecule has 1 fully saturated rings. The number of hydrogen-bond acceptors (Lipinski definition) is 6. The van der Waals surface area contributed by atoms with Gasteiger partial charge in [0.25, 0.3) is 0 Å². The summed E-state index contributed by atoms with van der Waals surface area (Å²) in [5.74, 6) is 1.61. The van der Waals surface area contributed by atoms with Gasteiger partial charge in [0.1, 0.15) is 5.82 Å². The molecule has 1 aliphatic rings. The lowest BCUT2D eigenvalue weighted by Gasteiger charge is -2.27. The van der Waals surface area contributed by atoms with Crippen LogP contribution in [0.3, 0.4) is 0 Å². The number of anilines is 1. The first-order valence-electron chi connectivity index (χ1n) is 10.6. The number of carbonyl (C=O) groups excluding carboxylic acids is 1. The normalized spacial score (nSPS) is 15.3. The second kappa shape index (κ2) is 9.67. The predicted molar refractivity (Wildman–Crippen MR) is 115 cm³/mol. The highest BCUT2D eigenvalue weighted by Crippen LogP contribution is 2.14. The second-order valence-electron chi connectivity index (χ2n) is 7.67. The third kappa shape index (κ3) is 5.13. The fourth-order valence-electron chi connectivity index (χ4n) is 3.61. The van der Waals surface area contributed by atoms with Crippen LogP contribution in [0, 0.1) is 0 Å². The molecule has 0 radical (unpaired) electrons. The van der Waals surface area contributed by atoms with Crippen LogP contribution >= 0.6 is 0 Å². The van der Waals surface area contributed by atoms with Crippen molar-refractivity contribution in [3.63, 3.8) is 0 Å². The Labute approximate surface area is 176 Å². The summed E-state index contributed by atoms with van der Waals surface area (Å²) in [4.78, 5) is 14.6. The van der Waals surface area contributed by atoms with E-state index in [2.05, 4.69) is 32.5 Å². The molecular weight excluding hydrogens is 380 g/mol. The number of benzene rings is 1. The van der Waals surface area contributed by atoms with E-state index in [0.717, 1.165) is 31.7 Å². The minimum absolute atomic E-state index is 0.0247. The summed E-state index contributed by atoms with van der Waals surface area (Å²) < 4.78 is 7.16. The number of aryl methyl sites for hydroxylation is 2. The topological polar surface area (TPSA) is 84.7 Å². The fourth-order valence-corrected chi connectivity index (χ4v) is 3.61. The minimum Gasteiger partial charge on any atom is -0.378 e. The predicted octanol–water partition coefficient (Wildman–Crippen LogP) is 2.03. The number of carbonyl (C=O) groups is 1. The van der Waals surface area contributed by atoms with Gasteiger partial charge in [-0.3, -0.25) is 4.79 Å². The number of amides is 1. The Morgan fingerprint density at radius 1 is 1.10 bits per heavy atom. The molecule has 0 unspecified atom stereocenters. The largest absolute Gasteiger partial charge is 0.378 e. The Bertz CT molecular complexity index is 968. The lowest BCUT2D eigenvalue weighted by Crippen LogP contribution is -2.37. The third-order valence-electron chi connectivity index (χ3n) is 5.34. The molecule has 0 bridgehead atoms. The molecule has 3 aromatic rings. The van der Waals surface area contributed by atoms with Crippen molar-refractivity contribution in [1.82, 2.24) is 25.1 Å². The van der Waals surface area contributed by atoms with E-state index in [1.165, 1.54) is 5.56 Å². The smallest absolute Gasteiger partial charge is 0.220 e. The summed E-state index contributed by atoms with van der Waals surface area (Å²) in [5.41, 5.74) is 1.98. The Hall–Kier alpha value is -3.00. The van der Waals surface area contributed by atoms with Crippen LogP contribution in [0.2, 0.25) is 0 Å². The Balaban J connectivity index is 1.30. The number of nitrogens with zero attached hydrogens (tertiary/aromatic N) is 5. The number of ether oxygens (including phenoxy) is 1. The highest BCUT2D eigenvalue weighted by molar-refractivity contribution is 5.76. The van der Waals surface area contributed by atoms with Gasteiger partial charge < -0.3 is 15.0 Å². The maximum atomic E-state index is 12.4. The zero-order valence-electron chi connectivity index (χ0n) is 17.3. The molecule has 1 aromatic carbocycles. The number of fused-ring (bicyclic) bond motifs is 1. The van der Waals surface area contributed by atoms with Crippen molar-refractivity contribution in [2.75, 3.05) is 31.2 Å². The van der Waals surface area contributed by atoms with E-state index in [0.29, 0.717) is 37.5 Å². The van der Waals surface area contributed by atoms with E-state index in [1.807, 2.05) is 37.3 Å². The summed E-state index contributed by atoms with van der Waals surface area (Å²) in [6, 6.07) is 14.3. The molecule has 8 nitrogen and oxygen atoms in total. The maximum Gasteiger partial charge on any atom is 0.220 e. The van der Waals surface area contributed by atoms with E-state index in [-0.39, 0.29) is 11.9 Å². The van der Waals surface area contributed by atoms with E-state index in [1.54, 1.807) is 4.52 Å². The molecule has 1 aliphatic heterocycles. The van der Waals surface area contributed by atoms with Crippen LogP contribution in [0.1, 0.15) is 31.2 Å². The average molecular weight is 409 g/mol. The van der Waals surface area contributed by atoms with Gasteiger partial charge in [-0.05, 0) is 37.5 Å². The molecule has 3 heterocycles. The van der Waals surface area contributed by atoms with Gasteiger partial charge in [-0.25, -0.2) is 0 Å². The summed E-state index contributed by atoms with van der Waals surface area (Å²) in [6.07, 6.45) is 2.72. The van der Waals surface area contributed by atoms with Gasteiger partial charge in [-0.2, -0.15) is 4.52 Å².